The monoisotopic (exact) mass is 630 g/mol. The van der Waals surface area contributed by atoms with Crippen LogP contribution < -0.4 is 10.1 Å². The van der Waals surface area contributed by atoms with Gasteiger partial charge in [-0.05, 0) is 48.2 Å². The van der Waals surface area contributed by atoms with E-state index in [1.807, 2.05) is 71.1 Å². The molecule has 2 amide bonds. The van der Waals surface area contributed by atoms with Crippen LogP contribution in [-0.4, -0.2) is 61.7 Å². The maximum absolute atomic E-state index is 14.0. The van der Waals surface area contributed by atoms with Crippen LogP contribution in [0, 0.1) is 0 Å². The Kier molecular flexibility index (Phi) is 7.59. The Bertz CT molecular complexity index is 1870. The second-order valence-corrected chi connectivity index (χ2v) is 12.9. The van der Waals surface area contributed by atoms with Crippen LogP contribution in [0.4, 0.5) is 0 Å². The smallest absolute Gasteiger partial charge is 0.262 e. The number of carbonyl (C=O) groups excluding carboxylic acids is 2. The largest absolute Gasteiger partial charge is 0.489 e. The van der Waals surface area contributed by atoms with Crippen LogP contribution >= 0.6 is 34.4 Å². The van der Waals surface area contributed by atoms with Crippen molar-refractivity contribution < 1.29 is 18.7 Å². The van der Waals surface area contributed by atoms with E-state index >= 15 is 0 Å². The van der Waals surface area contributed by atoms with Crippen LogP contribution in [0.5, 0.6) is 5.75 Å². The van der Waals surface area contributed by atoms with Gasteiger partial charge in [0, 0.05) is 6.54 Å². The Balaban J connectivity index is 1.09. The predicted octanol–water partition coefficient (Wildman–Crippen LogP) is 5.92. The Morgan fingerprint density at radius 1 is 1.14 bits per heavy atom. The molecule has 1 unspecified atom stereocenters. The summed E-state index contributed by atoms with van der Waals surface area (Å²) in [4.78, 5) is 39.4. The number of thioether (sulfide) groups is 1. The van der Waals surface area contributed by atoms with Crippen molar-refractivity contribution >= 4 is 62.3 Å². The van der Waals surface area contributed by atoms with Crippen molar-refractivity contribution in [2.24, 2.45) is 0 Å². The number of aromatic nitrogens is 4. The van der Waals surface area contributed by atoms with Crippen molar-refractivity contribution in [3.63, 3.8) is 0 Å². The first-order valence-corrected chi connectivity index (χ1v) is 16.6. The topological polar surface area (TPSA) is 115 Å². The minimum atomic E-state index is -0.802. The van der Waals surface area contributed by atoms with Crippen molar-refractivity contribution in [3.8, 4) is 17.3 Å². The number of hydrogen-bond acceptors (Lipinski definition) is 10. The first-order valence-electron chi connectivity index (χ1n) is 13.7. The molecule has 1 N–H and O–H groups in total. The summed E-state index contributed by atoms with van der Waals surface area (Å²) in [6.07, 6.45) is 5.43. The molecule has 5 heterocycles. The van der Waals surface area contributed by atoms with E-state index < -0.39 is 6.04 Å². The molecule has 0 saturated carbocycles. The van der Waals surface area contributed by atoms with Crippen LogP contribution in [0.15, 0.2) is 81.0 Å². The number of thiophene rings is 1. The van der Waals surface area contributed by atoms with Crippen LogP contribution in [0.2, 0.25) is 0 Å². The van der Waals surface area contributed by atoms with Crippen LogP contribution in [0.3, 0.4) is 0 Å². The van der Waals surface area contributed by atoms with Crippen molar-refractivity contribution in [1.82, 2.24) is 29.8 Å². The van der Waals surface area contributed by atoms with Crippen molar-refractivity contribution in [1.29, 1.82) is 0 Å². The van der Waals surface area contributed by atoms with E-state index in [0.717, 1.165) is 27.7 Å². The van der Waals surface area contributed by atoms with Gasteiger partial charge in [0.25, 0.3) is 5.91 Å². The zero-order chi connectivity index (χ0) is 29.3. The van der Waals surface area contributed by atoms with Gasteiger partial charge in [0.05, 0.1) is 17.1 Å². The number of oxazole rings is 1. The number of para-hydroxylation sites is 1. The van der Waals surface area contributed by atoms with Crippen molar-refractivity contribution in [2.75, 3.05) is 19.4 Å². The fourth-order valence-electron chi connectivity index (χ4n) is 5.21. The molecule has 1 fully saturated rings. The Morgan fingerprint density at radius 3 is 2.81 bits per heavy atom. The highest BCUT2D eigenvalue weighted by Crippen LogP contribution is 2.32. The molecule has 4 aromatic heterocycles. The van der Waals surface area contributed by atoms with E-state index in [1.54, 1.807) is 28.5 Å². The van der Waals surface area contributed by atoms with Gasteiger partial charge in [-0.25, -0.2) is 14.5 Å². The number of fused-ring (bicyclic) bond motifs is 2. The molecule has 10 nitrogen and oxygen atoms in total. The van der Waals surface area contributed by atoms with Crippen molar-refractivity contribution in [3.05, 3.63) is 82.7 Å². The van der Waals surface area contributed by atoms with E-state index in [1.165, 1.54) is 22.7 Å². The molecule has 2 atom stereocenters. The highest BCUT2D eigenvalue weighted by atomic mass is 32.2. The highest BCUT2D eigenvalue weighted by molar-refractivity contribution is 8.00. The Morgan fingerprint density at radius 2 is 2.02 bits per heavy atom. The summed E-state index contributed by atoms with van der Waals surface area (Å²) in [7, 11) is 0. The first kappa shape index (κ1) is 27.6. The zero-order valence-electron chi connectivity index (χ0n) is 23.0. The lowest BCUT2D eigenvalue weighted by molar-refractivity contribution is -0.134. The molecule has 0 bridgehead atoms. The molecule has 0 radical (unpaired) electrons. The van der Waals surface area contributed by atoms with Gasteiger partial charge in [-0.2, -0.15) is 0 Å². The third kappa shape index (κ3) is 5.51. The second kappa shape index (κ2) is 11.8. The van der Waals surface area contributed by atoms with Crippen LogP contribution in [0.1, 0.15) is 34.1 Å². The normalized spacial score (nSPS) is 15.7. The lowest BCUT2D eigenvalue weighted by Gasteiger charge is -2.29. The van der Waals surface area contributed by atoms with E-state index in [4.69, 9.17) is 14.1 Å². The molecule has 7 rings (SSSR count). The lowest BCUT2D eigenvalue weighted by atomic mass is 10.0. The second-order valence-electron chi connectivity index (χ2n) is 9.98. The SMILES string of the molecule is CSc1nn2cc(-c3nc4c(OCC5CCCN5C(=O)[C@H](NC(=O)c5cccs5)c5ccccc5)cccc4o3)nc2s1. The standard InChI is InChI=1S/C30H26N6O4S3/c1-41-30-34-36-16-20(31-29(36)43-30)27-33-25-21(11-5-12-22(25)40-27)39-17-19-10-6-14-35(19)28(38)24(18-8-3-2-4-9-18)32-26(37)23-13-7-15-42-23/h2-5,7-9,11-13,15-16,19,24H,6,10,14,17H2,1H3,(H,32,37)/t19?,24-/m1/s1. The molecule has 1 saturated heterocycles. The summed E-state index contributed by atoms with van der Waals surface area (Å²) in [6.45, 7) is 0.877. The number of hydrogen-bond donors (Lipinski definition) is 1. The molecule has 1 aliphatic heterocycles. The predicted molar refractivity (Wildman–Crippen MR) is 167 cm³/mol. The third-order valence-corrected chi connectivity index (χ3v) is 10.1. The van der Waals surface area contributed by atoms with E-state index in [0.29, 0.717) is 39.9 Å². The van der Waals surface area contributed by atoms with Gasteiger partial charge in [0.2, 0.25) is 16.8 Å². The lowest BCUT2D eigenvalue weighted by Crippen LogP contribution is -2.46. The van der Waals surface area contributed by atoms with E-state index in [-0.39, 0.29) is 24.5 Å². The minimum Gasteiger partial charge on any atom is -0.489 e. The number of nitrogens with zero attached hydrogens (tertiary/aromatic N) is 5. The molecule has 218 valence electrons. The molecule has 1 aliphatic rings. The van der Waals surface area contributed by atoms with Gasteiger partial charge in [-0.3, -0.25) is 9.59 Å². The third-order valence-electron chi connectivity index (χ3n) is 7.29. The molecule has 0 spiro atoms. The number of ether oxygens (including phenoxy) is 1. The van der Waals surface area contributed by atoms with Crippen LogP contribution in [0.25, 0.3) is 27.6 Å². The van der Waals surface area contributed by atoms with Crippen LogP contribution in [-0.2, 0) is 4.79 Å². The molecule has 6 aromatic rings. The Hall–Kier alpha value is -4.20. The number of nitrogens with one attached hydrogen (secondary N) is 1. The molecular weight excluding hydrogens is 605 g/mol. The van der Waals surface area contributed by atoms with E-state index in [2.05, 4.69) is 15.4 Å². The minimum absolute atomic E-state index is 0.151. The highest BCUT2D eigenvalue weighted by Gasteiger charge is 2.35. The Labute approximate surface area is 258 Å². The van der Waals surface area contributed by atoms with Gasteiger partial charge in [0.15, 0.2) is 15.4 Å². The van der Waals surface area contributed by atoms with Gasteiger partial charge < -0.3 is 19.4 Å². The summed E-state index contributed by atoms with van der Waals surface area (Å²) >= 11 is 4.42. The number of carbonyl (C=O) groups is 2. The summed E-state index contributed by atoms with van der Waals surface area (Å²) in [5.74, 6) is 0.540. The summed E-state index contributed by atoms with van der Waals surface area (Å²) in [5.41, 5.74) is 2.51. The van der Waals surface area contributed by atoms with Crippen molar-refractivity contribution in [2.45, 2.75) is 29.3 Å². The average Bonchev–Trinajstić information content (AvgIpc) is 3.86. The average molecular weight is 631 g/mol. The maximum Gasteiger partial charge on any atom is 0.262 e. The number of amides is 2. The first-order chi connectivity index (χ1) is 21.1. The zero-order valence-corrected chi connectivity index (χ0v) is 25.5. The number of imidazole rings is 1. The van der Waals surface area contributed by atoms with Gasteiger partial charge >= 0.3 is 0 Å². The number of benzene rings is 2. The van der Waals surface area contributed by atoms with Gasteiger partial charge in [-0.1, -0.05) is 65.6 Å². The van der Waals surface area contributed by atoms with Gasteiger partial charge in [-0.15, -0.1) is 16.4 Å². The quantitative estimate of drug-likeness (QED) is 0.196. The molecule has 0 aliphatic carbocycles. The molecule has 2 aromatic carbocycles. The fourth-order valence-corrected chi connectivity index (χ4v) is 7.18. The maximum atomic E-state index is 14.0. The van der Waals surface area contributed by atoms with E-state index in [9.17, 15) is 9.59 Å². The molecule has 13 heteroatoms. The summed E-state index contributed by atoms with van der Waals surface area (Å²) in [6, 6.07) is 17.5. The summed E-state index contributed by atoms with van der Waals surface area (Å²) < 4.78 is 15.0. The van der Waals surface area contributed by atoms with Gasteiger partial charge in [0.1, 0.15) is 24.1 Å². The number of likely N-dealkylation sites (tertiary alicyclic amines) is 1. The fraction of sp³-hybridized carbons (Fsp3) is 0.233. The molecular formula is C30H26N6O4S3. The summed E-state index contributed by atoms with van der Waals surface area (Å²) in [5, 5.41) is 9.30. The number of rotatable bonds is 9. The molecule has 43 heavy (non-hydrogen) atoms.